The molecule has 3 aliphatic heterocycles. The minimum absolute atomic E-state index is 0.0148. The molecule has 3 aliphatic rings. The van der Waals surface area contributed by atoms with Crippen molar-refractivity contribution in [3.8, 4) is 5.75 Å². The van der Waals surface area contributed by atoms with Crippen LogP contribution in [0.15, 0.2) is 24.3 Å². The van der Waals surface area contributed by atoms with E-state index in [2.05, 4.69) is 17.1 Å². The number of imide groups is 1. The summed E-state index contributed by atoms with van der Waals surface area (Å²) in [6.07, 6.45) is 4.80. The van der Waals surface area contributed by atoms with Crippen LogP contribution in [0, 0.1) is 0 Å². The third kappa shape index (κ3) is 6.23. The van der Waals surface area contributed by atoms with Gasteiger partial charge in [0.1, 0.15) is 5.75 Å². The average Bonchev–Trinajstić information content (AvgIpc) is 2.84. The largest absolute Gasteiger partial charge is 0.484 e. The lowest BCUT2D eigenvalue weighted by atomic mass is 10.0. The van der Waals surface area contributed by atoms with Crippen molar-refractivity contribution >= 4 is 23.5 Å². The van der Waals surface area contributed by atoms with E-state index < -0.39 is 6.03 Å². The van der Waals surface area contributed by atoms with Crippen LogP contribution in [0.25, 0.3) is 0 Å². The van der Waals surface area contributed by atoms with Crippen LogP contribution in [0.3, 0.4) is 0 Å². The van der Waals surface area contributed by atoms with Crippen molar-refractivity contribution in [1.82, 2.24) is 15.1 Å². The molecule has 180 valence electrons. The lowest BCUT2D eigenvalue weighted by Crippen LogP contribution is -2.49. The summed E-state index contributed by atoms with van der Waals surface area (Å²) in [5.74, 6) is 0.280. The van der Waals surface area contributed by atoms with E-state index in [0.717, 1.165) is 45.3 Å². The SMILES string of the molecule is CCN1CCC(OC2CCN(C(=O)COc3ccc(N4CCC(=O)NC4=O)cc3)CC2)CC1. The monoisotopic (exact) mass is 458 g/mol. The highest BCUT2D eigenvalue weighted by atomic mass is 16.5. The van der Waals surface area contributed by atoms with Gasteiger partial charge in [-0.3, -0.25) is 19.8 Å². The van der Waals surface area contributed by atoms with Gasteiger partial charge in [-0.15, -0.1) is 0 Å². The van der Waals surface area contributed by atoms with Crippen molar-refractivity contribution in [2.45, 2.75) is 51.2 Å². The van der Waals surface area contributed by atoms with E-state index in [0.29, 0.717) is 37.2 Å². The number of hydrogen-bond acceptors (Lipinski definition) is 6. The molecule has 0 radical (unpaired) electrons. The highest BCUT2D eigenvalue weighted by Crippen LogP contribution is 2.23. The molecule has 1 aromatic carbocycles. The van der Waals surface area contributed by atoms with E-state index in [-0.39, 0.29) is 30.9 Å². The number of carbonyl (C=O) groups excluding carboxylic acids is 3. The fraction of sp³-hybridized carbons (Fsp3) is 0.625. The second kappa shape index (κ2) is 11.0. The molecule has 0 aromatic heterocycles. The number of likely N-dealkylation sites (tertiary alicyclic amines) is 2. The van der Waals surface area contributed by atoms with Gasteiger partial charge in [0.05, 0.1) is 12.2 Å². The lowest BCUT2D eigenvalue weighted by Gasteiger charge is -2.36. The summed E-state index contributed by atoms with van der Waals surface area (Å²) in [5, 5.41) is 2.30. The fourth-order valence-electron chi connectivity index (χ4n) is 4.64. The predicted octanol–water partition coefficient (Wildman–Crippen LogP) is 2.00. The molecule has 0 spiro atoms. The maximum atomic E-state index is 12.6. The molecule has 3 saturated heterocycles. The van der Waals surface area contributed by atoms with Gasteiger partial charge in [-0.25, -0.2) is 4.79 Å². The molecular weight excluding hydrogens is 424 g/mol. The van der Waals surface area contributed by atoms with Gasteiger partial charge in [0.15, 0.2) is 6.61 Å². The first-order valence-electron chi connectivity index (χ1n) is 12.0. The summed E-state index contributed by atoms with van der Waals surface area (Å²) < 4.78 is 12.0. The summed E-state index contributed by atoms with van der Waals surface area (Å²) in [4.78, 5) is 41.6. The molecule has 0 bridgehead atoms. The lowest BCUT2D eigenvalue weighted by molar-refractivity contribution is -0.137. The van der Waals surface area contributed by atoms with Crippen LogP contribution in [0.2, 0.25) is 0 Å². The summed E-state index contributed by atoms with van der Waals surface area (Å²) in [5.41, 5.74) is 0.682. The van der Waals surface area contributed by atoms with Crippen molar-refractivity contribution in [1.29, 1.82) is 0 Å². The number of urea groups is 1. The first-order valence-corrected chi connectivity index (χ1v) is 12.0. The van der Waals surface area contributed by atoms with E-state index in [1.165, 1.54) is 4.90 Å². The molecule has 33 heavy (non-hydrogen) atoms. The zero-order valence-corrected chi connectivity index (χ0v) is 19.3. The van der Waals surface area contributed by atoms with Gasteiger partial charge >= 0.3 is 6.03 Å². The van der Waals surface area contributed by atoms with Crippen LogP contribution in [-0.4, -0.2) is 85.7 Å². The van der Waals surface area contributed by atoms with Gasteiger partial charge in [0.2, 0.25) is 5.91 Å². The van der Waals surface area contributed by atoms with Gasteiger partial charge in [-0.05, 0) is 56.5 Å². The van der Waals surface area contributed by atoms with E-state index in [1.807, 2.05) is 4.90 Å². The summed E-state index contributed by atoms with van der Waals surface area (Å²) in [6.45, 7) is 7.26. The Hall–Kier alpha value is -2.65. The average molecular weight is 459 g/mol. The van der Waals surface area contributed by atoms with Gasteiger partial charge in [-0.1, -0.05) is 6.92 Å². The number of ether oxygens (including phenoxy) is 2. The maximum absolute atomic E-state index is 12.6. The van der Waals surface area contributed by atoms with Crippen molar-refractivity contribution in [3.63, 3.8) is 0 Å². The molecule has 9 nitrogen and oxygen atoms in total. The van der Waals surface area contributed by atoms with Crippen LogP contribution < -0.4 is 15.0 Å². The summed E-state index contributed by atoms with van der Waals surface area (Å²) in [6, 6.07) is 6.55. The van der Waals surface area contributed by atoms with Gasteiger partial charge in [-0.2, -0.15) is 0 Å². The number of benzene rings is 1. The first kappa shape index (κ1) is 23.5. The van der Waals surface area contributed by atoms with E-state index in [9.17, 15) is 14.4 Å². The highest BCUT2D eigenvalue weighted by molar-refractivity contribution is 6.05. The molecule has 1 aromatic rings. The second-order valence-electron chi connectivity index (χ2n) is 8.89. The number of hydrogen-bond donors (Lipinski definition) is 1. The molecule has 0 unspecified atom stereocenters. The van der Waals surface area contributed by atoms with Crippen molar-refractivity contribution in [2.24, 2.45) is 0 Å². The zero-order chi connectivity index (χ0) is 23.2. The van der Waals surface area contributed by atoms with Crippen molar-refractivity contribution < 1.29 is 23.9 Å². The maximum Gasteiger partial charge on any atom is 0.328 e. The zero-order valence-electron chi connectivity index (χ0n) is 19.3. The molecule has 4 rings (SSSR count). The Balaban J connectivity index is 1.17. The van der Waals surface area contributed by atoms with E-state index in [4.69, 9.17) is 9.47 Å². The van der Waals surface area contributed by atoms with Crippen LogP contribution >= 0.6 is 0 Å². The van der Waals surface area contributed by atoms with Crippen LogP contribution in [0.4, 0.5) is 10.5 Å². The van der Waals surface area contributed by atoms with E-state index in [1.54, 1.807) is 24.3 Å². The topological polar surface area (TPSA) is 91.4 Å². The molecule has 0 aliphatic carbocycles. The summed E-state index contributed by atoms with van der Waals surface area (Å²) >= 11 is 0. The molecule has 0 saturated carbocycles. The Bertz CT molecular complexity index is 830. The highest BCUT2D eigenvalue weighted by Gasteiger charge is 2.27. The van der Waals surface area contributed by atoms with Gasteiger partial charge in [0.25, 0.3) is 5.91 Å². The number of amides is 4. The smallest absolute Gasteiger partial charge is 0.328 e. The number of anilines is 1. The van der Waals surface area contributed by atoms with Gasteiger partial charge in [0, 0.05) is 44.8 Å². The first-order chi connectivity index (χ1) is 16.0. The van der Waals surface area contributed by atoms with Crippen molar-refractivity contribution in [3.05, 3.63) is 24.3 Å². The molecule has 9 heteroatoms. The molecule has 4 amide bonds. The number of rotatable bonds is 7. The quantitative estimate of drug-likeness (QED) is 0.672. The number of nitrogens with zero attached hydrogens (tertiary/aromatic N) is 3. The number of carbonyl (C=O) groups is 3. The molecule has 0 atom stereocenters. The molecular formula is C24H34N4O5. The second-order valence-corrected chi connectivity index (χ2v) is 8.89. The van der Waals surface area contributed by atoms with E-state index >= 15 is 0 Å². The fourth-order valence-corrected chi connectivity index (χ4v) is 4.64. The molecule has 3 heterocycles. The van der Waals surface area contributed by atoms with Crippen LogP contribution in [0.5, 0.6) is 5.75 Å². The van der Waals surface area contributed by atoms with Crippen LogP contribution in [0.1, 0.15) is 39.0 Å². The Kier molecular flexibility index (Phi) is 7.82. The third-order valence-electron chi connectivity index (χ3n) is 6.73. The summed E-state index contributed by atoms with van der Waals surface area (Å²) in [7, 11) is 0. The Labute approximate surface area is 195 Å². The normalized spacial score (nSPS) is 21.2. The Morgan fingerprint density at radius 1 is 0.970 bits per heavy atom. The minimum atomic E-state index is -0.422. The van der Waals surface area contributed by atoms with Crippen molar-refractivity contribution in [2.75, 3.05) is 50.8 Å². The standard InChI is InChI=1S/C24H34N4O5/c1-2-26-12-7-20(8-13-26)33-21-9-14-27(15-10-21)23(30)17-32-19-5-3-18(4-6-19)28-16-11-22(29)25-24(28)31/h3-6,20-21H,2,7-17H2,1H3,(H,25,29,31). The number of nitrogens with one attached hydrogen (secondary N) is 1. The number of piperidine rings is 2. The Morgan fingerprint density at radius 2 is 1.61 bits per heavy atom. The third-order valence-corrected chi connectivity index (χ3v) is 6.73. The van der Waals surface area contributed by atoms with Crippen LogP contribution in [-0.2, 0) is 14.3 Å². The Morgan fingerprint density at radius 3 is 2.21 bits per heavy atom. The molecule has 3 fully saturated rings. The molecule has 1 N–H and O–H groups in total. The minimum Gasteiger partial charge on any atom is -0.484 e. The predicted molar refractivity (Wildman–Crippen MR) is 123 cm³/mol. The van der Waals surface area contributed by atoms with Gasteiger partial charge < -0.3 is 19.3 Å².